The maximum absolute atomic E-state index is 4.33. The predicted molar refractivity (Wildman–Crippen MR) is 55.9 cm³/mol. The lowest BCUT2D eigenvalue weighted by atomic mass is 10.0. The molecule has 0 fully saturated rings. The van der Waals surface area contributed by atoms with Gasteiger partial charge in [-0.3, -0.25) is 4.98 Å². The van der Waals surface area contributed by atoms with Crippen molar-refractivity contribution >= 4 is 10.9 Å². The van der Waals surface area contributed by atoms with Gasteiger partial charge in [-0.25, -0.2) is 0 Å². The molecule has 2 aromatic rings. The molecule has 0 bridgehead atoms. The largest absolute Gasteiger partial charge is 0.256 e. The van der Waals surface area contributed by atoms with Crippen LogP contribution in [-0.4, -0.2) is 4.98 Å². The summed E-state index contributed by atoms with van der Waals surface area (Å²) in [4.78, 5) is 4.33. The molecule has 1 aromatic carbocycles. The summed E-state index contributed by atoms with van der Waals surface area (Å²) in [6.07, 6.45) is 2.93. The molecule has 0 amide bonds. The Morgan fingerprint density at radius 3 is 2.92 bits per heavy atom. The molecular weight excluding hydrogens is 158 g/mol. The van der Waals surface area contributed by atoms with Gasteiger partial charge in [0, 0.05) is 11.6 Å². The van der Waals surface area contributed by atoms with Gasteiger partial charge in [0.1, 0.15) is 0 Å². The number of aromatic nitrogens is 1. The third kappa shape index (κ3) is 1.42. The van der Waals surface area contributed by atoms with Gasteiger partial charge in [0.05, 0.1) is 5.52 Å². The monoisotopic (exact) mass is 171 g/mol. The van der Waals surface area contributed by atoms with E-state index < -0.39 is 0 Å². The van der Waals surface area contributed by atoms with Crippen molar-refractivity contribution in [3.05, 3.63) is 41.6 Å². The first kappa shape index (κ1) is 8.24. The van der Waals surface area contributed by atoms with Crippen molar-refractivity contribution in [1.82, 2.24) is 4.98 Å². The highest BCUT2D eigenvalue weighted by atomic mass is 14.6. The summed E-state index contributed by atoms with van der Waals surface area (Å²) >= 11 is 0. The van der Waals surface area contributed by atoms with E-state index in [-0.39, 0.29) is 0 Å². The van der Waals surface area contributed by atoms with Crippen molar-refractivity contribution in [3.63, 3.8) is 0 Å². The number of pyridine rings is 1. The molecule has 0 unspecified atom stereocenters. The van der Waals surface area contributed by atoms with E-state index in [0.717, 1.165) is 11.9 Å². The average molecular weight is 171 g/mol. The van der Waals surface area contributed by atoms with Crippen molar-refractivity contribution in [2.24, 2.45) is 0 Å². The van der Waals surface area contributed by atoms with E-state index in [2.05, 4.69) is 37.0 Å². The van der Waals surface area contributed by atoms with Crippen molar-refractivity contribution in [2.75, 3.05) is 0 Å². The van der Waals surface area contributed by atoms with Crippen LogP contribution < -0.4 is 0 Å². The standard InChI is InChI=1S/C12H13N/c1-3-10-8-12-11(7-9(10)2)5-4-6-13-12/h4-8H,3H2,1-2H3. The maximum atomic E-state index is 4.33. The van der Waals surface area contributed by atoms with E-state index in [1.807, 2.05) is 12.3 Å². The van der Waals surface area contributed by atoms with Crippen LogP contribution in [0.5, 0.6) is 0 Å². The molecule has 13 heavy (non-hydrogen) atoms. The number of fused-ring (bicyclic) bond motifs is 1. The van der Waals surface area contributed by atoms with Gasteiger partial charge >= 0.3 is 0 Å². The molecule has 0 N–H and O–H groups in total. The second-order valence-electron chi connectivity index (χ2n) is 3.33. The normalized spacial score (nSPS) is 10.6. The zero-order chi connectivity index (χ0) is 9.26. The summed E-state index contributed by atoms with van der Waals surface area (Å²) in [5, 5.41) is 1.23. The predicted octanol–water partition coefficient (Wildman–Crippen LogP) is 3.11. The molecule has 0 saturated carbocycles. The lowest BCUT2D eigenvalue weighted by Gasteiger charge is -2.04. The minimum atomic E-state index is 1.08. The fourth-order valence-electron chi connectivity index (χ4n) is 1.66. The number of hydrogen-bond acceptors (Lipinski definition) is 1. The summed E-state index contributed by atoms with van der Waals surface area (Å²) in [7, 11) is 0. The van der Waals surface area contributed by atoms with Gasteiger partial charge in [-0.15, -0.1) is 0 Å². The minimum absolute atomic E-state index is 1.08. The first-order valence-electron chi connectivity index (χ1n) is 4.65. The molecule has 0 aliphatic heterocycles. The highest BCUT2D eigenvalue weighted by molar-refractivity contribution is 5.80. The van der Waals surface area contributed by atoms with Crippen LogP contribution in [-0.2, 0) is 6.42 Å². The summed E-state index contributed by atoms with van der Waals surface area (Å²) in [5.41, 5.74) is 3.86. The van der Waals surface area contributed by atoms with E-state index in [4.69, 9.17) is 0 Å². The molecule has 0 saturated heterocycles. The van der Waals surface area contributed by atoms with Crippen LogP contribution in [0.4, 0.5) is 0 Å². The molecule has 0 aliphatic rings. The molecule has 1 aromatic heterocycles. The molecule has 66 valence electrons. The van der Waals surface area contributed by atoms with Crippen LogP contribution >= 0.6 is 0 Å². The van der Waals surface area contributed by atoms with Crippen LogP contribution in [0.2, 0.25) is 0 Å². The van der Waals surface area contributed by atoms with Gasteiger partial charge in [0.25, 0.3) is 0 Å². The molecule has 0 aliphatic carbocycles. The highest BCUT2D eigenvalue weighted by Gasteiger charge is 1.99. The van der Waals surface area contributed by atoms with E-state index in [1.54, 1.807) is 0 Å². The molecule has 1 heteroatoms. The first-order chi connectivity index (χ1) is 6.31. The summed E-state index contributed by atoms with van der Waals surface area (Å²) in [5.74, 6) is 0. The van der Waals surface area contributed by atoms with Crippen LogP contribution in [0.15, 0.2) is 30.5 Å². The Kier molecular flexibility index (Phi) is 2.01. The van der Waals surface area contributed by atoms with E-state index in [1.165, 1.54) is 16.5 Å². The zero-order valence-corrected chi connectivity index (χ0v) is 8.04. The minimum Gasteiger partial charge on any atom is -0.256 e. The number of nitrogens with zero attached hydrogens (tertiary/aromatic N) is 1. The summed E-state index contributed by atoms with van der Waals surface area (Å²) in [6.45, 7) is 4.34. The molecule has 1 nitrogen and oxygen atoms in total. The molecule has 2 rings (SSSR count). The quantitative estimate of drug-likeness (QED) is 0.642. The fraction of sp³-hybridized carbons (Fsp3) is 0.250. The van der Waals surface area contributed by atoms with E-state index in [0.29, 0.717) is 0 Å². The van der Waals surface area contributed by atoms with Gasteiger partial charge in [-0.1, -0.05) is 13.0 Å². The smallest absolute Gasteiger partial charge is 0.0704 e. The Morgan fingerprint density at radius 2 is 2.15 bits per heavy atom. The summed E-state index contributed by atoms with van der Waals surface area (Å²) in [6, 6.07) is 8.48. The number of benzene rings is 1. The Labute approximate surface area is 78.4 Å². The lowest BCUT2D eigenvalue weighted by Crippen LogP contribution is -1.87. The first-order valence-corrected chi connectivity index (χ1v) is 4.65. The Hall–Kier alpha value is -1.37. The van der Waals surface area contributed by atoms with Crippen LogP contribution in [0.3, 0.4) is 0 Å². The van der Waals surface area contributed by atoms with Gasteiger partial charge in [-0.2, -0.15) is 0 Å². The Morgan fingerprint density at radius 1 is 1.31 bits per heavy atom. The fourth-order valence-corrected chi connectivity index (χ4v) is 1.66. The van der Waals surface area contributed by atoms with Crippen molar-refractivity contribution in [1.29, 1.82) is 0 Å². The SMILES string of the molecule is CCc1cc2ncccc2cc1C. The van der Waals surface area contributed by atoms with Crippen molar-refractivity contribution < 1.29 is 0 Å². The average Bonchev–Trinajstić information content (AvgIpc) is 2.17. The number of aryl methyl sites for hydroxylation is 2. The highest BCUT2D eigenvalue weighted by Crippen LogP contribution is 2.17. The Bertz CT molecular complexity index is 432. The molecule has 0 spiro atoms. The van der Waals surface area contributed by atoms with Crippen LogP contribution in [0.25, 0.3) is 10.9 Å². The summed E-state index contributed by atoms with van der Waals surface area (Å²) < 4.78 is 0. The van der Waals surface area contributed by atoms with E-state index >= 15 is 0 Å². The lowest BCUT2D eigenvalue weighted by molar-refractivity contribution is 1.11. The molecular formula is C12H13N. The second-order valence-corrected chi connectivity index (χ2v) is 3.33. The molecule has 0 radical (unpaired) electrons. The van der Waals surface area contributed by atoms with Gasteiger partial charge in [0.15, 0.2) is 0 Å². The van der Waals surface area contributed by atoms with E-state index in [9.17, 15) is 0 Å². The van der Waals surface area contributed by atoms with Gasteiger partial charge in [0.2, 0.25) is 0 Å². The third-order valence-corrected chi connectivity index (χ3v) is 2.44. The van der Waals surface area contributed by atoms with Crippen LogP contribution in [0.1, 0.15) is 18.1 Å². The molecule has 1 heterocycles. The van der Waals surface area contributed by atoms with Crippen LogP contribution in [0, 0.1) is 6.92 Å². The second kappa shape index (κ2) is 3.17. The Balaban J connectivity index is 2.74. The van der Waals surface area contributed by atoms with Crippen molar-refractivity contribution in [2.45, 2.75) is 20.3 Å². The number of rotatable bonds is 1. The van der Waals surface area contributed by atoms with Gasteiger partial charge < -0.3 is 0 Å². The van der Waals surface area contributed by atoms with Crippen molar-refractivity contribution in [3.8, 4) is 0 Å². The third-order valence-electron chi connectivity index (χ3n) is 2.44. The molecule has 0 atom stereocenters. The zero-order valence-electron chi connectivity index (χ0n) is 8.04. The number of hydrogen-bond donors (Lipinski definition) is 0. The van der Waals surface area contributed by atoms with Gasteiger partial charge in [-0.05, 0) is 42.7 Å². The topological polar surface area (TPSA) is 12.9 Å². The maximum Gasteiger partial charge on any atom is 0.0704 e.